The van der Waals surface area contributed by atoms with Crippen LogP contribution >= 0.6 is 0 Å². The van der Waals surface area contributed by atoms with Crippen LogP contribution in [0.1, 0.15) is 51.9 Å². The van der Waals surface area contributed by atoms with Gasteiger partial charge in [0.1, 0.15) is 0 Å². The van der Waals surface area contributed by atoms with Crippen molar-refractivity contribution < 1.29 is 4.79 Å². The molecule has 0 N–H and O–H groups in total. The van der Waals surface area contributed by atoms with Crippen LogP contribution in [-0.2, 0) is 4.79 Å². The molecule has 0 bridgehead atoms. The second-order valence-electron chi connectivity index (χ2n) is 4.76. The highest BCUT2D eigenvalue weighted by Gasteiger charge is 2.32. The molecule has 0 radical (unpaired) electrons. The molecule has 1 atom stereocenters. The first-order valence-electron chi connectivity index (χ1n) is 5.45. The summed E-state index contributed by atoms with van der Waals surface area (Å²) in [5, 5.41) is 0. The summed E-state index contributed by atoms with van der Waals surface area (Å²) in [6.45, 7) is 2.34. The van der Waals surface area contributed by atoms with E-state index in [0.717, 1.165) is 12.8 Å². The number of carbonyl (C=O) groups excluding carboxylic acids is 1. The summed E-state index contributed by atoms with van der Waals surface area (Å²) in [6, 6.07) is 0. The summed E-state index contributed by atoms with van der Waals surface area (Å²) in [5.74, 6) is 0.362. The molecule has 0 spiro atoms. The molecule has 0 saturated heterocycles. The molecule has 0 aromatic heterocycles. The summed E-state index contributed by atoms with van der Waals surface area (Å²) in [5.41, 5.74) is 1.82. The minimum Gasteiger partial charge on any atom is -0.295 e. The first kappa shape index (κ1) is 8.98. The fourth-order valence-corrected chi connectivity index (χ4v) is 2.74. The van der Waals surface area contributed by atoms with Crippen molar-refractivity contribution in [2.75, 3.05) is 0 Å². The van der Waals surface area contributed by atoms with Gasteiger partial charge in [-0.3, -0.25) is 4.79 Å². The molecule has 72 valence electrons. The van der Waals surface area contributed by atoms with Crippen molar-refractivity contribution in [3.63, 3.8) is 0 Å². The topological polar surface area (TPSA) is 17.1 Å². The largest absolute Gasteiger partial charge is 0.295 e. The maximum atomic E-state index is 11.4. The smallest absolute Gasteiger partial charge is 0.155 e. The Balaban J connectivity index is 2.28. The molecule has 1 nitrogen and oxygen atoms in total. The standard InChI is InChI=1S/C12H18O/c1-12-7-3-2-5-10(12)9-11(13)6-4-8-12/h9H,2-8H2,1H3/t12-/m1/s1. The van der Waals surface area contributed by atoms with Gasteiger partial charge in [-0.2, -0.15) is 0 Å². The molecular formula is C12H18O. The van der Waals surface area contributed by atoms with Crippen LogP contribution in [0.25, 0.3) is 0 Å². The van der Waals surface area contributed by atoms with Gasteiger partial charge in [0.15, 0.2) is 5.78 Å². The lowest BCUT2D eigenvalue weighted by Crippen LogP contribution is -2.22. The quantitative estimate of drug-likeness (QED) is 0.556. The molecule has 0 heterocycles. The first-order chi connectivity index (χ1) is 6.21. The van der Waals surface area contributed by atoms with Crippen molar-refractivity contribution in [1.82, 2.24) is 0 Å². The van der Waals surface area contributed by atoms with Gasteiger partial charge in [-0.15, -0.1) is 0 Å². The Morgan fingerprint density at radius 3 is 2.77 bits per heavy atom. The summed E-state index contributed by atoms with van der Waals surface area (Å²) in [7, 11) is 0. The molecular weight excluding hydrogens is 160 g/mol. The summed E-state index contributed by atoms with van der Waals surface area (Å²) in [4.78, 5) is 11.4. The fourth-order valence-electron chi connectivity index (χ4n) is 2.74. The second kappa shape index (κ2) is 3.28. The van der Waals surface area contributed by atoms with Crippen molar-refractivity contribution in [2.45, 2.75) is 51.9 Å². The Bertz CT molecular complexity index is 252. The Morgan fingerprint density at radius 2 is 1.92 bits per heavy atom. The third-order valence-corrected chi connectivity index (χ3v) is 3.69. The molecule has 2 aliphatic carbocycles. The minimum atomic E-state index is 0.362. The molecule has 0 unspecified atom stereocenters. The SMILES string of the molecule is C[C@]12CCCCC1=CC(=O)CCC2. The zero-order valence-electron chi connectivity index (χ0n) is 8.44. The fraction of sp³-hybridized carbons (Fsp3) is 0.750. The van der Waals surface area contributed by atoms with Crippen LogP contribution in [0.3, 0.4) is 0 Å². The van der Waals surface area contributed by atoms with Gasteiger partial charge in [-0.05, 0) is 43.6 Å². The third kappa shape index (κ3) is 1.70. The van der Waals surface area contributed by atoms with Crippen molar-refractivity contribution >= 4 is 5.78 Å². The average molecular weight is 178 g/mol. The lowest BCUT2D eigenvalue weighted by molar-refractivity contribution is -0.114. The van der Waals surface area contributed by atoms with E-state index in [1.165, 1.54) is 37.7 Å². The van der Waals surface area contributed by atoms with Gasteiger partial charge in [-0.25, -0.2) is 0 Å². The molecule has 0 aliphatic heterocycles. The number of hydrogen-bond donors (Lipinski definition) is 0. The summed E-state index contributed by atoms with van der Waals surface area (Å²) >= 11 is 0. The van der Waals surface area contributed by atoms with E-state index in [2.05, 4.69) is 6.92 Å². The van der Waals surface area contributed by atoms with Crippen molar-refractivity contribution in [2.24, 2.45) is 5.41 Å². The normalized spacial score (nSPS) is 34.8. The predicted molar refractivity (Wildman–Crippen MR) is 53.5 cm³/mol. The lowest BCUT2D eigenvalue weighted by Gasteiger charge is -2.35. The van der Waals surface area contributed by atoms with Gasteiger partial charge in [0.2, 0.25) is 0 Å². The lowest BCUT2D eigenvalue weighted by atomic mass is 9.70. The molecule has 0 aromatic carbocycles. The van der Waals surface area contributed by atoms with E-state index in [4.69, 9.17) is 0 Å². The van der Waals surface area contributed by atoms with Crippen LogP contribution in [0.4, 0.5) is 0 Å². The van der Waals surface area contributed by atoms with Crippen LogP contribution in [0.2, 0.25) is 0 Å². The Hall–Kier alpha value is -0.590. The van der Waals surface area contributed by atoms with Gasteiger partial charge in [-0.1, -0.05) is 18.9 Å². The first-order valence-corrected chi connectivity index (χ1v) is 5.45. The van der Waals surface area contributed by atoms with Gasteiger partial charge >= 0.3 is 0 Å². The Morgan fingerprint density at radius 1 is 1.15 bits per heavy atom. The summed E-state index contributed by atoms with van der Waals surface area (Å²) < 4.78 is 0. The molecule has 1 heteroatoms. The van der Waals surface area contributed by atoms with Crippen LogP contribution in [-0.4, -0.2) is 5.78 Å². The van der Waals surface area contributed by atoms with E-state index in [9.17, 15) is 4.79 Å². The van der Waals surface area contributed by atoms with E-state index in [1.54, 1.807) is 0 Å². The number of hydrogen-bond acceptors (Lipinski definition) is 1. The van der Waals surface area contributed by atoms with Crippen LogP contribution in [0.5, 0.6) is 0 Å². The van der Waals surface area contributed by atoms with Crippen LogP contribution in [0.15, 0.2) is 11.6 Å². The second-order valence-corrected chi connectivity index (χ2v) is 4.76. The number of allylic oxidation sites excluding steroid dienone is 2. The zero-order valence-corrected chi connectivity index (χ0v) is 8.44. The molecule has 2 aliphatic rings. The molecule has 2 rings (SSSR count). The Labute approximate surface area is 80.2 Å². The zero-order chi connectivity index (χ0) is 9.31. The van der Waals surface area contributed by atoms with Gasteiger partial charge in [0.05, 0.1) is 0 Å². The molecule has 0 aromatic rings. The van der Waals surface area contributed by atoms with Crippen LogP contribution < -0.4 is 0 Å². The summed E-state index contributed by atoms with van der Waals surface area (Å²) in [6.07, 6.45) is 10.1. The highest BCUT2D eigenvalue weighted by molar-refractivity contribution is 5.90. The van der Waals surface area contributed by atoms with E-state index in [1.807, 2.05) is 6.08 Å². The van der Waals surface area contributed by atoms with Gasteiger partial charge < -0.3 is 0 Å². The minimum absolute atomic E-state index is 0.362. The van der Waals surface area contributed by atoms with Crippen molar-refractivity contribution in [1.29, 1.82) is 0 Å². The predicted octanol–water partition coefficient (Wildman–Crippen LogP) is 3.25. The highest BCUT2D eigenvalue weighted by atomic mass is 16.1. The maximum absolute atomic E-state index is 11.4. The van der Waals surface area contributed by atoms with Gasteiger partial charge in [0, 0.05) is 6.42 Å². The van der Waals surface area contributed by atoms with Crippen molar-refractivity contribution in [3.05, 3.63) is 11.6 Å². The number of carbonyl (C=O) groups is 1. The number of rotatable bonds is 0. The van der Waals surface area contributed by atoms with E-state index < -0.39 is 0 Å². The molecule has 0 amide bonds. The maximum Gasteiger partial charge on any atom is 0.155 e. The van der Waals surface area contributed by atoms with Crippen LogP contribution in [0, 0.1) is 5.41 Å². The monoisotopic (exact) mass is 178 g/mol. The Kier molecular flexibility index (Phi) is 2.27. The third-order valence-electron chi connectivity index (χ3n) is 3.69. The molecule has 13 heavy (non-hydrogen) atoms. The number of ketones is 1. The number of fused-ring (bicyclic) bond motifs is 1. The van der Waals surface area contributed by atoms with Crippen molar-refractivity contribution in [3.8, 4) is 0 Å². The highest BCUT2D eigenvalue weighted by Crippen LogP contribution is 2.45. The molecule has 1 fully saturated rings. The van der Waals surface area contributed by atoms with E-state index in [0.29, 0.717) is 11.2 Å². The molecule has 1 saturated carbocycles. The van der Waals surface area contributed by atoms with Gasteiger partial charge in [0.25, 0.3) is 0 Å². The van der Waals surface area contributed by atoms with E-state index in [-0.39, 0.29) is 0 Å². The average Bonchev–Trinajstić information content (AvgIpc) is 2.23. The van der Waals surface area contributed by atoms with E-state index >= 15 is 0 Å².